The maximum Gasteiger partial charge on any atom is 0.260 e. The van der Waals surface area contributed by atoms with Crippen LogP contribution in [0.15, 0.2) is 59.7 Å². The molecule has 3 aromatic rings. The minimum Gasteiger partial charge on any atom is -0.271 e. The van der Waals surface area contributed by atoms with Crippen molar-refractivity contribution in [3.8, 4) is 0 Å². The number of aryl methyl sites for hydroxylation is 3. The number of amides is 1. The molecule has 7 heteroatoms. The van der Waals surface area contributed by atoms with Crippen molar-refractivity contribution >= 4 is 38.6 Å². The number of nitrogens with zero attached hydrogens (tertiary/aromatic N) is 2. The first-order chi connectivity index (χ1) is 14.9. The number of anilines is 1. The molecule has 0 heterocycles. The molecule has 0 aliphatic heterocycles. The van der Waals surface area contributed by atoms with Crippen molar-refractivity contribution in [2.24, 2.45) is 5.10 Å². The predicted molar refractivity (Wildman–Crippen MR) is 125 cm³/mol. The van der Waals surface area contributed by atoms with E-state index in [1.807, 2.05) is 31.2 Å². The molecule has 0 spiro atoms. The molecule has 0 aromatic heterocycles. The average molecular weight is 436 g/mol. The summed E-state index contributed by atoms with van der Waals surface area (Å²) in [7, 11) is -3.62. The van der Waals surface area contributed by atoms with E-state index in [0.29, 0.717) is 5.69 Å². The number of rotatable bonds is 7. The van der Waals surface area contributed by atoms with E-state index in [1.165, 1.54) is 16.5 Å². The first-order valence-electron chi connectivity index (χ1n) is 10.3. The first kappa shape index (κ1) is 21.1. The lowest BCUT2D eigenvalue weighted by molar-refractivity contribution is -0.119. The molecule has 1 aliphatic rings. The fourth-order valence-corrected chi connectivity index (χ4v) is 4.88. The summed E-state index contributed by atoms with van der Waals surface area (Å²) in [6, 6.07) is 17.5. The zero-order chi connectivity index (χ0) is 22.0. The van der Waals surface area contributed by atoms with Gasteiger partial charge in [-0.2, -0.15) is 5.10 Å². The van der Waals surface area contributed by atoms with Crippen molar-refractivity contribution in [2.75, 3.05) is 17.1 Å². The smallest absolute Gasteiger partial charge is 0.260 e. The van der Waals surface area contributed by atoms with E-state index >= 15 is 0 Å². The Balaban J connectivity index is 1.49. The van der Waals surface area contributed by atoms with Gasteiger partial charge in [0, 0.05) is 5.56 Å². The molecule has 160 valence electrons. The first-order valence-corrected chi connectivity index (χ1v) is 12.1. The van der Waals surface area contributed by atoms with Crippen LogP contribution in [-0.2, 0) is 34.1 Å². The minimum atomic E-state index is -3.62. The number of carbonyl (C=O) groups excluding carboxylic acids is 1. The number of hydrogen-bond donors (Lipinski definition) is 1. The molecule has 0 saturated carbocycles. The molecule has 31 heavy (non-hydrogen) atoms. The second kappa shape index (κ2) is 8.51. The number of sulfonamides is 1. The van der Waals surface area contributed by atoms with Crippen LogP contribution in [0.1, 0.15) is 29.2 Å². The van der Waals surface area contributed by atoms with Gasteiger partial charge in [0.25, 0.3) is 5.91 Å². The Hall–Kier alpha value is -3.19. The lowest BCUT2D eigenvalue weighted by Crippen LogP contribution is -2.39. The van der Waals surface area contributed by atoms with Crippen LogP contribution in [0.4, 0.5) is 5.69 Å². The molecule has 1 aliphatic carbocycles. The molecule has 0 atom stereocenters. The molecule has 1 amide bonds. The average Bonchev–Trinajstić information content (AvgIpc) is 3.18. The molecule has 0 fully saturated rings. The van der Waals surface area contributed by atoms with E-state index in [4.69, 9.17) is 0 Å². The molecule has 3 aromatic carbocycles. The lowest BCUT2D eigenvalue weighted by atomic mass is 10.0. The van der Waals surface area contributed by atoms with Gasteiger partial charge in [-0.3, -0.25) is 9.10 Å². The molecular weight excluding hydrogens is 410 g/mol. The molecular formula is C24H25N3O3S. The van der Waals surface area contributed by atoms with E-state index in [1.54, 1.807) is 18.3 Å². The third-order valence-electron chi connectivity index (χ3n) is 5.62. The van der Waals surface area contributed by atoms with Gasteiger partial charge >= 0.3 is 0 Å². The van der Waals surface area contributed by atoms with Crippen LogP contribution in [0.3, 0.4) is 0 Å². The fourth-order valence-electron chi connectivity index (χ4n) is 4.02. The molecule has 0 unspecified atom stereocenters. The summed E-state index contributed by atoms with van der Waals surface area (Å²) in [6.45, 7) is 1.68. The Kier molecular flexibility index (Phi) is 5.78. The van der Waals surface area contributed by atoms with Crippen LogP contribution in [0.25, 0.3) is 10.8 Å². The Morgan fingerprint density at radius 2 is 1.77 bits per heavy atom. The van der Waals surface area contributed by atoms with Gasteiger partial charge in [0.05, 0.1) is 18.2 Å². The number of nitrogens with one attached hydrogen (secondary N) is 1. The maximum absolute atomic E-state index is 12.4. The summed E-state index contributed by atoms with van der Waals surface area (Å²) in [6.07, 6.45) is 5.64. The standard InChI is InChI=1S/C24H25N3O3S/c1-3-17-7-13-21(14-8-17)27(31(2,29)30)16-23(28)26-25-15-20-12-11-19-10-9-18-5-4-6-22(20)24(18)19/h4-8,11-15H,3,9-10,16H2,1-2H3,(H,26,28)/b25-15-. The van der Waals surface area contributed by atoms with Crippen LogP contribution in [-0.4, -0.2) is 33.3 Å². The molecule has 0 bridgehead atoms. The number of benzene rings is 3. The molecule has 0 saturated heterocycles. The van der Waals surface area contributed by atoms with Gasteiger partial charge in [-0.25, -0.2) is 13.8 Å². The van der Waals surface area contributed by atoms with Crippen molar-refractivity contribution in [2.45, 2.75) is 26.2 Å². The third-order valence-corrected chi connectivity index (χ3v) is 6.76. The third kappa shape index (κ3) is 4.46. The topological polar surface area (TPSA) is 78.8 Å². The maximum atomic E-state index is 12.4. The van der Waals surface area contributed by atoms with Crippen molar-refractivity contribution < 1.29 is 13.2 Å². The summed E-state index contributed by atoms with van der Waals surface area (Å²) in [5, 5.41) is 6.47. The van der Waals surface area contributed by atoms with Gasteiger partial charge in [-0.15, -0.1) is 0 Å². The van der Waals surface area contributed by atoms with E-state index in [0.717, 1.165) is 46.3 Å². The van der Waals surface area contributed by atoms with Gasteiger partial charge in [-0.05, 0) is 58.9 Å². The Morgan fingerprint density at radius 1 is 1.06 bits per heavy atom. The Morgan fingerprint density at radius 3 is 2.45 bits per heavy atom. The van der Waals surface area contributed by atoms with E-state index in [9.17, 15) is 13.2 Å². The second-order valence-corrected chi connectivity index (χ2v) is 9.64. The number of carbonyl (C=O) groups is 1. The van der Waals surface area contributed by atoms with Crippen LogP contribution in [0, 0.1) is 0 Å². The van der Waals surface area contributed by atoms with E-state index in [-0.39, 0.29) is 6.54 Å². The minimum absolute atomic E-state index is 0.342. The lowest BCUT2D eigenvalue weighted by Gasteiger charge is -2.21. The quantitative estimate of drug-likeness (QED) is 0.456. The molecule has 6 nitrogen and oxygen atoms in total. The molecule has 1 N–H and O–H groups in total. The van der Waals surface area contributed by atoms with Crippen LogP contribution >= 0.6 is 0 Å². The fraction of sp³-hybridized carbons (Fsp3) is 0.250. The van der Waals surface area contributed by atoms with Crippen LogP contribution in [0.2, 0.25) is 0 Å². The van der Waals surface area contributed by atoms with E-state index < -0.39 is 15.9 Å². The monoisotopic (exact) mass is 435 g/mol. The van der Waals surface area contributed by atoms with Crippen molar-refractivity contribution in [1.82, 2.24) is 5.43 Å². The highest BCUT2D eigenvalue weighted by molar-refractivity contribution is 7.92. The Bertz CT molecular complexity index is 1250. The summed E-state index contributed by atoms with van der Waals surface area (Å²) in [5.74, 6) is -0.507. The zero-order valence-electron chi connectivity index (χ0n) is 17.6. The van der Waals surface area contributed by atoms with Gasteiger partial charge < -0.3 is 0 Å². The van der Waals surface area contributed by atoms with Crippen molar-refractivity contribution in [1.29, 1.82) is 0 Å². The van der Waals surface area contributed by atoms with Gasteiger partial charge in [-0.1, -0.05) is 49.4 Å². The van der Waals surface area contributed by atoms with Gasteiger partial charge in [0.1, 0.15) is 6.54 Å². The second-order valence-electron chi connectivity index (χ2n) is 7.74. The Labute approximate surface area is 182 Å². The summed E-state index contributed by atoms with van der Waals surface area (Å²) >= 11 is 0. The normalized spacial score (nSPS) is 13.1. The SMILES string of the molecule is CCc1ccc(N(CC(=O)N/N=C\c2ccc3c4c(cccc24)CC3)S(C)(=O)=O)cc1. The van der Waals surface area contributed by atoms with Crippen molar-refractivity contribution in [3.63, 3.8) is 0 Å². The summed E-state index contributed by atoms with van der Waals surface area (Å²) < 4.78 is 25.6. The van der Waals surface area contributed by atoms with Crippen LogP contribution in [0.5, 0.6) is 0 Å². The largest absolute Gasteiger partial charge is 0.271 e. The number of hydrazone groups is 1. The van der Waals surface area contributed by atoms with Crippen molar-refractivity contribution in [3.05, 3.63) is 76.9 Å². The van der Waals surface area contributed by atoms with Crippen LogP contribution < -0.4 is 9.73 Å². The molecule has 0 radical (unpaired) electrons. The highest BCUT2D eigenvalue weighted by Gasteiger charge is 2.21. The predicted octanol–water partition coefficient (Wildman–Crippen LogP) is 3.42. The summed E-state index contributed by atoms with van der Waals surface area (Å²) in [4.78, 5) is 12.4. The zero-order valence-corrected chi connectivity index (χ0v) is 18.4. The highest BCUT2D eigenvalue weighted by atomic mass is 32.2. The highest BCUT2D eigenvalue weighted by Crippen LogP contribution is 2.32. The van der Waals surface area contributed by atoms with Gasteiger partial charge in [0.2, 0.25) is 10.0 Å². The number of hydrogen-bond acceptors (Lipinski definition) is 4. The van der Waals surface area contributed by atoms with Gasteiger partial charge in [0.15, 0.2) is 0 Å². The summed E-state index contributed by atoms with van der Waals surface area (Å²) in [5.41, 5.74) is 7.59. The van der Waals surface area contributed by atoms with E-state index in [2.05, 4.69) is 28.7 Å². The molecule has 4 rings (SSSR count).